The zero-order chi connectivity index (χ0) is 18.8. The molecule has 1 aromatic carbocycles. The van der Waals surface area contributed by atoms with E-state index in [0.29, 0.717) is 23.2 Å². The smallest absolute Gasteiger partial charge is 0.166 e. The van der Waals surface area contributed by atoms with Crippen molar-refractivity contribution < 1.29 is 9.50 Å². The highest BCUT2D eigenvalue weighted by atomic mass is 35.5. The molecule has 27 heavy (non-hydrogen) atoms. The van der Waals surface area contributed by atoms with Gasteiger partial charge in [-0.15, -0.1) is 0 Å². The Morgan fingerprint density at radius 3 is 2.67 bits per heavy atom. The van der Waals surface area contributed by atoms with Gasteiger partial charge in [-0.25, -0.2) is 19.3 Å². The third-order valence-corrected chi connectivity index (χ3v) is 5.02. The van der Waals surface area contributed by atoms with Gasteiger partial charge in [0.1, 0.15) is 23.8 Å². The van der Waals surface area contributed by atoms with Crippen molar-refractivity contribution in [2.75, 3.05) is 10.6 Å². The lowest BCUT2D eigenvalue weighted by Gasteiger charge is -2.26. The molecule has 2 aromatic heterocycles. The minimum Gasteiger partial charge on any atom is -0.393 e. The van der Waals surface area contributed by atoms with E-state index in [2.05, 4.69) is 25.6 Å². The van der Waals surface area contributed by atoms with E-state index in [-0.39, 0.29) is 11.1 Å². The quantitative estimate of drug-likeness (QED) is 0.620. The summed E-state index contributed by atoms with van der Waals surface area (Å²) in [7, 11) is 0. The zero-order valence-electron chi connectivity index (χ0n) is 14.5. The Labute approximate surface area is 160 Å². The van der Waals surface area contributed by atoms with E-state index < -0.39 is 5.82 Å². The Hall–Kier alpha value is -2.51. The second-order valence-electron chi connectivity index (χ2n) is 6.69. The topological polar surface area (TPSA) is 83.0 Å². The summed E-state index contributed by atoms with van der Waals surface area (Å²) in [6.45, 7) is 0. The SMILES string of the molecule is O[C@H]1CC[C@H](Nc2ccc3c(Nc4ccc(F)c(Cl)c4)ncnc3n2)CC1. The maximum Gasteiger partial charge on any atom is 0.166 e. The van der Waals surface area contributed by atoms with Gasteiger partial charge in [-0.1, -0.05) is 11.6 Å². The van der Waals surface area contributed by atoms with Crippen LogP contribution in [0.25, 0.3) is 11.0 Å². The molecule has 1 saturated carbocycles. The lowest BCUT2D eigenvalue weighted by Crippen LogP contribution is -2.28. The van der Waals surface area contributed by atoms with Gasteiger partial charge in [0, 0.05) is 11.7 Å². The summed E-state index contributed by atoms with van der Waals surface area (Å²) in [6, 6.07) is 8.49. The van der Waals surface area contributed by atoms with E-state index in [1.165, 1.54) is 18.5 Å². The number of hydrogen-bond acceptors (Lipinski definition) is 6. The molecule has 0 bridgehead atoms. The molecule has 4 rings (SSSR count). The minimum atomic E-state index is -0.470. The molecule has 140 valence electrons. The van der Waals surface area contributed by atoms with Crippen LogP contribution in [0, 0.1) is 5.82 Å². The van der Waals surface area contributed by atoms with E-state index in [9.17, 15) is 9.50 Å². The molecule has 1 aliphatic carbocycles. The van der Waals surface area contributed by atoms with Gasteiger partial charge >= 0.3 is 0 Å². The molecular formula is C19H19ClFN5O. The molecule has 3 N–H and O–H groups in total. The molecule has 0 atom stereocenters. The van der Waals surface area contributed by atoms with Gasteiger partial charge < -0.3 is 15.7 Å². The Kier molecular flexibility index (Phi) is 5.05. The largest absolute Gasteiger partial charge is 0.393 e. The van der Waals surface area contributed by atoms with Crippen LogP contribution in [0.15, 0.2) is 36.7 Å². The number of aliphatic hydroxyl groups excluding tert-OH is 1. The van der Waals surface area contributed by atoms with Gasteiger partial charge in [-0.3, -0.25) is 0 Å². The number of nitrogens with zero attached hydrogens (tertiary/aromatic N) is 3. The maximum absolute atomic E-state index is 13.3. The Morgan fingerprint density at radius 2 is 1.89 bits per heavy atom. The summed E-state index contributed by atoms with van der Waals surface area (Å²) in [5.74, 6) is 0.850. The van der Waals surface area contributed by atoms with E-state index in [1.807, 2.05) is 12.1 Å². The molecule has 1 aliphatic rings. The maximum atomic E-state index is 13.3. The Balaban J connectivity index is 1.55. The number of fused-ring (bicyclic) bond motifs is 1. The zero-order valence-corrected chi connectivity index (χ0v) is 15.2. The summed E-state index contributed by atoms with van der Waals surface area (Å²) >= 11 is 5.84. The molecule has 1 fully saturated rings. The first-order valence-electron chi connectivity index (χ1n) is 8.87. The van der Waals surface area contributed by atoms with Crippen molar-refractivity contribution in [1.29, 1.82) is 0 Å². The Morgan fingerprint density at radius 1 is 1.07 bits per heavy atom. The first kappa shape index (κ1) is 17.9. The van der Waals surface area contributed by atoms with E-state index in [1.54, 1.807) is 6.07 Å². The molecule has 0 aliphatic heterocycles. The van der Waals surface area contributed by atoms with Crippen LogP contribution in [-0.2, 0) is 0 Å². The predicted molar refractivity (Wildman–Crippen MR) is 104 cm³/mol. The van der Waals surface area contributed by atoms with Gasteiger partial charge in [-0.2, -0.15) is 0 Å². The second kappa shape index (κ2) is 7.62. The molecule has 3 aromatic rings. The van der Waals surface area contributed by atoms with Crippen LogP contribution in [0.4, 0.5) is 21.7 Å². The van der Waals surface area contributed by atoms with Crippen LogP contribution < -0.4 is 10.6 Å². The number of pyridine rings is 1. The molecule has 6 nitrogen and oxygen atoms in total. The van der Waals surface area contributed by atoms with Crippen molar-refractivity contribution in [1.82, 2.24) is 15.0 Å². The van der Waals surface area contributed by atoms with E-state index >= 15 is 0 Å². The lowest BCUT2D eigenvalue weighted by atomic mass is 9.93. The molecule has 0 unspecified atom stereocenters. The average molecular weight is 388 g/mol. The number of benzene rings is 1. The van der Waals surface area contributed by atoms with Gasteiger partial charge in [0.05, 0.1) is 16.5 Å². The summed E-state index contributed by atoms with van der Waals surface area (Å²) in [6.07, 6.45) is 4.70. The van der Waals surface area contributed by atoms with Gasteiger partial charge in [0.15, 0.2) is 5.65 Å². The standard InChI is InChI=1S/C19H19ClFN5O/c20-15-9-12(3-7-16(15)21)25-18-14-6-8-17(26-19(14)23-10-22-18)24-11-1-4-13(27)5-2-11/h3,6-11,13,27H,1-2,4-5H2,(H2,22,23,24,25,26)/t11-,13-. The third-order valence-electron chi connectivity index (χ3n) is 4.73. The summed E-state index contributed by atoms with van der Waals surface area (Å²) in [5.41, 5.74) is 1.19. The predicted octanol–water partition coefficient (Wildman–Crippen LogP) is 4.28. The second-order valence-corrected chi connectivity index (χ2v) is 7.10. The fourth-order valence-corrected chi connectivity index (χ4v) is 3.44. The van der Waals surface area contributed by atoms with Gasteiger partial charge in [-0.05, 0) is 56.0 Å². The van der Waals surface area contributed by atoms with Gasteiger partial charge in [0.25, 0.3) is 0 Å². The van der Waals surface area contributed by atoms with Gasteiger partial charge in [0.2, 0.25) is 0 Å². The highest BCUT2D eigenvalue weighted by Crippen LogP contribution is 2.27. The first-order chi connectivity index (χ1) is 13.1. The molecule has 0 amide bonds. The van der Waals surface area contributed by atoms with Crippen molar-refractivity contribution in [3.05, 3.63) is 47.5 Å². The monoisotopic (exact) mass is 387 g/mol. The van der Waals surface area contributed by atoms with Crippen LogP contribution in [0.2, 0.25) is 5.02 Å². The fraction of sp³-hybridized carbons (Fsp3) is 0.316. The molecular weight excluding hydrogens is 369 g/mol. The fourth-order valence-electron chi connectivity index (χ4n) is 3.26. The normalized spacial score (nSPS) is 19.8. The summed E-state index contributed by atoms with van der Waals surface area (Å²) < 4.78 is 13.3. The highest BCUT2D eigenvalue weighted by Gasteiger charge is 2.19. The van der Waals surface area contributed by atoms with Crippen molar-refractivity contribution in [3.8, 4) is 0 Å². The number of aromatic nitrogens is 3. The van der Waals surface area contributed by atoms with Crippen molar-refractivity contribution in [2.24, 2.45) is 0 Å². The van der Waals surface area contributed by atoms with Crippen LogP contribution >= 0.6 is 11.6 Å². The van der Waals surface area contributed by atoms with Crippen LogP contribution in [0.5, 0.6) is 0 Å². The van der Waals surface area contributed by atoms with Crippen LogP contribution in [-0.4, -0.2) is 32.2 Å². The number of rotatable bonds is 4. The number of aliphatic hydroxyl groups is 1. The molecule has 0 saturated heterocycles. The van der Waals surface area contributed by atoms with Crippen LogP contribution in [0.3, 0.4) is 0 Å². The third kappa shape index (κ3) is 4.09. The van der Waals surface area contributed by atoms with Crippen molar-refractivity contribution >= 4 is 40.0 Å². The van der Waals surface area contributed by atoms with E-state index in [4.69, 9.17) is 11.6 Å². The summed E-state index contributed by atoms with van der Waals surface area (Å²) in [4.78, 5) is 13.1. The van der Waals surface area contributed by atoms with Crippen molar-refractivity contribution in [3.63, 3.8) is 0 Å². The molecule has 2 heterocycles. The first-order valence-corrected chi connectivity index (χ1v) is 9.25. The molecule has 8 heteroatoms. The highest BCUT2D eigenvalue weighted by molar-refractivity contribution is 6.31. The number of halogens is 2. The summed E-state index contributed by atoms with van der Waals surface area (Å²) in [5, 5.41) is 17.0. The molecule has 0 spiro atoms. The molecule has 0 radical (unpaired) electrons. The number of nitrogens with one attached hydrogen (secondary N) is 2. The number of hydrogen-bond donors (Lipinski definition) is 3. The van der Waals surface area contributed by atoms with Crippen LogP contribution in [0.1, 0.15) is 25.7 Å². The Bertz CT molecular complexity index is 962. The average Bonchev–Trinajstić information content (AvgIpc) is 2.67. The minimum absolute atomic E-state index is 0.0422. The lowest BCUT2D eigenvalue weighted by molar-refractivity contribution is 0.126. The number of anilines is 3. The van der Waals surface area contributed by atoms with E-state index in [0.717, 1.165) is 36.9 Å². The van der Waals surface area contributed by atoms with Crippen molar-refractivity contribution in [2.45, 2.75) is 37.8 Å².